The van der Waals surface area contributed by atoms with Crippen molar-refractivity contribution in [2.24, 2.45) is 0 Å². The molecule has 1 N–H and O–H groups in total. The molecule has 6 nitrogen and oxygen atoms in total. The molecule has 0 fully saturated rings. The number of hydrogen-bond donors (Lipinski definition) is 1. The summed E-state index contributed by atoms with van der Waals surface area (Å²) in [7, 11) is 0. The summed E-state index contributed by atoms with van der Waals surface area (Å²) in [5.41, 5.74) is 0. The Labute approximate surface area is 115 Å². The number of ether oxygens (including phenoxy) is 2. The first-order valence-electron chi connectivity index (χ1n) is 5.72. The van der Waals surface area contributed by atoms with Crippen LogP contribution in [0.2, 0.25) is 0 Å². The fourth-order valence-corrected chi connectivity index (χ4v) is 1.38. The first-order chi connectivity index (χ1) is 8.54. The van der Waals surface area contributed by atoms with Gasteiger partial charge in [0, 0.05) is 6.42 Å². The van der Waals surface area contributed by atoms with Crippen molar-refractivity contribution in [2.75, 3.05) is 18.5 Å². The molecule has 0 aliphatic rings. The quantitative estimate of drug-likeness (QED) is 0.527. The van der Waals surface area contributed by atoms with Gasteiger partial charge in [-0.1, -0.05) is 15.9 Å². The highest BCUT2D eigenvalue weighted by molar-refractivity contribution is 9.09. The monoisotopic (exact) mass is 323 g/mol. The molecule has 0 aromatic heterocycles. The molecule has 0 aliphatic heterocycles. The van der Waals surface area contributed by atoms with Crippen LogP contribution in [0.5, 0.6) is 0 Å². The molecule has 0 saturated carbocycles. The molecule has 0 spiro atoms. The number of amides is 1. The van der Waals surface area contributed by atoms with Gasteiger partial charge in [-0.25, -0.2) is 4.79 Å². The zero-order valence-electron chi connectivity index (χ0n) is 10.5. The summed E-state index contributed by atoms with van der Waals surface area (Å²) in [6, 6.07) is -0.820. The summed E-state index contributed by atoms with van der Waals surface area (Å²) in [5.74, 6) is -1.28. The van der Waals surface area contributed by atoms with Gasteiger partial charge in [0.2, 0.25) is 5.91 Å². The van der Waals surface area contributed by atoms with Gasteiger partial charge in [0.1, 0.15) is 6.04 Å². The Morgan fingerprint density at radius 3 is 2.28 bits per heavy atom. The van der Waals surface area contributed by atoms with Crippen molar-refractivity contribution in [3.8, 4) is 0 Å². The molecule has 0 aromatic carbocycles. The summed E-state index contributed by atoms with van der Waals surface area (Å²) in [6.45, 7) is 3.88. The van der Waals surface area contributed by atoms with Gasteiger partial charge in [-0.15, -0.1) is 0 Å². The number of esters is 2. The molecule has 0 unspecified atom stereocenters. The van der Waals surface area contributed by atoms with E-state index in [1.165, 1.54) is 0 Å². The van der Waals surface area contributed by atoms with Gasteiger partial charge in [-0.05, 0) is 20.3 Å². The molecule has 0 radical (unpaired) electrons. The van der Waals surface area contributed by atoms with Crippen molar-refractivity contribution in [1.82, 2.24) is 5.32 Å². The van der Waals surface area contributed by atoms with Crippen LogP contribution in [0.25, 0.3) is 0 Å². The largest absolute Gasteiger partial charge is 0.466 e. The number of nitrogens with one attached hydrogen (secondary N) is 1. The standard InChI is InChI=1S/C11H18BrNO5/c1-3-17-10(15)6-5-8(11(16)18-4-2)13-9(14)7-12/h8H,3-7H2,1-2H3,(H,13,14)/t8-/m0/s1. The topological polar surface area (TPSA) is 81.7 Å². The number of rotatable bonds is 8. The van der Waals surface area contributed by atoms with Gasteiger partial charge in [-0.3, -0.25) is 9.59 Å². The van der Waals surface area contributed by atoms with E-state index in [-0.39, 0.29) is 37.3 Å². The maximum Gasteiger partial charge on any atom is 0.328 e. The Hall–Kier alpha value is -1.11. The van der Waals surface area contributed by atoms with Gasteiger partial charge in [0.15, 0.2) is 0 Å². The SMILES string of the molecule is CCOC(=O)CC[C@H](NC(=O)CBr)C(=O)OCC. The minimum absolute atomic E-state index is 0.0554. The summed E-state index contributed by atoms with van der Waals surface area (Å²) in [6.07, 6.45) is 0.219. The third kappa shape index (κ3) is 7.26. The first kappa shape index (κ1) is 16.9. The number of halogens is 1. The van der Waals surface area contributed by atoms with E-state index in [2.05, 4.69) is 21.2 Å². The third-order valence-electron chi connectivity index (χ3n) is 1.97. The molecule has 7 heteroatoms. The van der Waals surface area contributed by atoms with E-state index >= 15 is 0 Å². The van der Waals surface area contributed by atoms with Crippen LogP contribution >= 0.6 is 15.9 Å². The van der Waals surface area contributed by atoms with E-state index < -0.39 is 18.0 Å². The smallest absolute Gasteiger partial charge is 0.328 e. The minimum atomic E-state index is -0.820. The van der Waals surface area contributed by atoms with Crippen LogP contribution in [0.4, 0.5) is 0 Å². The number of carbonyl (C=O) groups is 3. The maximum atomic E-state index is 11.6. The molecule has 18 heavy (non-hydrogen) atoms. The summed E-state index contributed by atoms with van der Waals surface area (Å²) >= 11 is 2.98. The third-order valence-corrected chi connectivity index (χ3v) is 2.48. The molecule has 0 aromatic rings. The van der Waals surface area contributed by atoms with E-state index in [1.807, 2.05) is 0 Å². The molecule has 0 rings (SSSR count). The molecule has 1 amide bonds. The second kappa shape index (κ2) is 9.87. The van der Waals surface area contributed by atoms with E-state index in [0.29, 0.717) is 0 Å². The highest BCUT2D eigenvalue weighted by atomic mass is 79.9. The normalized spacial score (nSPS) is 11.5. The van der Waals surface area contributed by atoms with Crippen LogP contribution in [0.1, 0.15) is 26.7 Å². The van der Waals surface area contributed by atoms with Crippen LogP contribution in [0, 0.1) is 0 Å². The zero-order chi connectivity index (χ0) is 14.0. The van der Waals surface area contributed by atoms with Crippen LogP contribution < -0.4 is 5.32 Å². The van der Waals surface area contributed by atoms with Gasteiger partial charge in [0.25, 0.3) is 0 Å². The summed E-state index contributed by atoms with van der Waals surface area (Å²) < 4.78 is 9.57. The second-order valence-electron chi connectivity index (χ2n) is 3.35. The fraction of sp³-hybridized carbons (Fsp3) is 0.727. The van der Waals surface area contributed by atoms with Crippen LogP contribution in [0.3, 0.4) is 0 Å². The van der Waals surface area contributed by atoms with E-state index in [9.17, 15) is 14.4 Å². The predicted molar refractivity (Wildman–Crippen MR) is 68.2 cm³/mol. The number of carbonyl (C=O) groups excluding carboxylic acids is 3. The van der Waals surface area contributed by atoms with E-state index in [4.69, 9.17) is 9.47 Å². The fourth-order valence-electron chi connectivity index (χ4n) is 1.22. The van der Waals surface area contributed by atoms with Crippen molar-refractivity contribution in [2.45, 2.75) is 32.7 Å². The Bertz CT molecular complexity index is 295. The Morgan fingerprint density at radius 2 is 1.78 bits per heavy atom. The molecule has 0 heterocycles. The van der Waals surface area contributed by atoms with E-state index in [0.717, 1.165) is 0 Å². The maximum absolute atomic E-state index is 11.6. The molecule has 104 valence electrons. The first-order valence-corrected chi connectivity index (χ1v) is 6.84. The average molecular weight is 324 g/mol. The minimum Gasteiger partial charge on any atom is -0.466 e. The molecular formula is C11H18BrNO5. The van der Waals surface area contributed by atoms with Crippen molar-refractivity contribution in [3.05, 3.63) is 0 Å². The highest BCUT2D eigenvalue weighted by Gasteiger charge is 2.22. The lowest BCUT2D eigenvalue weighted by Crippen LogP contribution is -2.42. The molecule has 0 aliphatic carbocycles. The molecular weight excluding hydrogens is 306 g/mol. The van der Waals surface area contributed by atoms with Crippen molar-refractivity contribution < 1.29 is 23.9 Å². The summed E-state index contributed by atoms with van der Waals surface area (Å²) in [4.78, 5) is 34.0. The number of hydrogen-bond acceptors (Lipinski definition) is 5. The Morgan fingerprint density at radius 1 is 1.17 bits per heavy atom. The van der Waals surface area contributed by atoms with Gasteiger partial charge in [-0.2, -0.15) is 0 Å². The van der Waals surface area contributed by atoms with Crippen LogP contribution in [0.15, 0.2) is 0 Å². The second-order valence-corrected chi connectivity index (χ2v) is 3.91. The lowest BCUT2D eigenvalue weighted by atomic mass is 10.1. The molecule has 1 atom stereocenters. The average Bonchev–Trinajstić information content (AvgIpc) is 2.34. The summed E-state index contributed by atoms with van der Waals surface area (Å²) in [5, 5.41) is 2.57. The Kier molecular flexibility index (Phi) is 9.26. The van der Waals surface area contributed by atoms with Crippen LogP contribution in [-0.4, -0.2) is 42.4 Å². The van der Waals surface area contributed by atoms with Crippen molar-refractivity contribution in [3.63, 3.8) is 0 Å². The lowest BCUT2D eigenvalue weighted by molar-refractivity contribution is -0.148. The van der Waals surface area contributed by atoms with Gasteiger partial charge < -0.3 is 14.8 Å². The van der Waals surface area contributed by atoms with Crippen molar-refractivity contribution >= 4 is 33.8 Å². The van der Waals surface area contributed by atoms with Gasteiger partial charge in [0.05, 0.1) is 18.5 Å². The highest BCUT2D eigenvalue weighted by Crippen LogP contribution is 2.03. The Balaban J connectivity index is 4.33. The van der Waals surface area contributed by atoms with Gasteiger partial charge >= 0.3 is 11.9 Å². The van der Waals surface area contributed by atoms with E-state index in [1.54, 1.807) is 13.8 Å². The van der Waals surface area contributed by atoms with Crippen molar-refractivity contribution in [1.29, 1.82) is 0 Å². The lowest BCUT2D eigenvalue weighted by Gasteiger charge is -2.16. The molecule has 0 bridgehead atoms. The zero-order valence-corrected chi connectivity index (χ0v) is 12.1. The predicted octanol–water partition coefficient (Wildman–Crippen LogP) is 0.772. The number of alkyl halides is 1. The van der Waals surface area contributed by atoms with Crippen LogP contribution in [-0.2, 0) is 23.9 Å². The molecule has 0 saturated heterocycles.